The van der Waals surface area contributed by atoms with Gasteiger partial charge in [-0.2, -0.15) is 0 Å². The largest absolute Gasteiger partial charge is 0.0622 e. The molecule has 0 spiro atoms. The molecule has 4 aromatic carbocycles. The average Bonchev–Trinajstić information content (AvgIpc) is 2.80. The van der Waals surface area contributed by atoms with Gasteiger partial charge < -0.3 is 0 Å². The maximum atomic E-state index is 2.47. The summed E-state index contributed by atoms with van der Waals surface area (Å²) in [6, 6.07) is 44.4. The summed E-state index contributed by atoms with van der Waals surface area (Å²) >= 11 is 0. The van der Waals surface area contributed by atoms with Crippen LogP contribution in [0.2, 0.25) is 0 Å². The van der Waals surface area contributed by atoms with Gasteiger partial charge in [0.25, 0.3) is 0 Å². The molecule has 31 heavy (non-hydrogen) atoms. The van der Waals surface area contributed by atoms with Crippen molar-refractivity contribution in [3.8, 4) is 0 Å². The Kier molecular flexibility index (Phi) is 8.63. The van der Waals surface area contributed by atoms with Crippen molar-refractivity contribution in [3.05, 3.63) is 121 Å². The van der Waals surface area contributed by atoms with Gasteiger partial charge in [-0.15, -0.1) is 0 Å². The van der Waals surface area contributed by atoms with E-state index >= 15 is 0 Å². The van der Waals surface area contributed by atoms with Gasteiger partial charge in [0, 0.05) is 16.5 Å². The summed E-state index contributed by atoms with van der Waals surface area (Å²) in [5.74, 6) is 0. The molecule has 0 aromatic heterocycles. The van der Waals surface area contributed by atoms with Crippen molar-refractivity contribution in [1.29, 1.82) is 0 Å². The van der Waals surface area contributed by atoms with Crippen molar-refractivity contribution in [2.24, 2.45) is 0 Å². The van der Waals surface area contributed by atoms with E-state index in [0.717, 1.165) is 6.16 Å². The van der Waals surface area contributed by atoms with Gasteiger partial charge in [0.1, 0.15) is 0 Å². The van der Waals surface area contributed by atoms with E-state index in [9.17, 15) is 0 Å². The Bertz CT molecular complexity index is 956. The maximum Gasteiger partial charge on any atom is 0 e. The van der Waals surface area contributed by atoms with Crippen molar-refractivity contribution in [1.82, 2.24) is 0 Å². The Morgan fingerprint density at radius 2 is 0.774 bits per heavy atom. The predicted molar refractivity (Wildman–Crippen MR) is 137 cm³/mol. The minimum absolute atomic E-state index is 0. The van der Waals surface area contributed by atoms with Crippen LogP contribution in [0, 0.1) is 0 Å². The minimum atomic E-state index is -0.491. The molecule has 4 rings (SSSR count). The Morgan fingerprint density at radius 3 is 1.10 bits per heavy atom. The second kappa shape index (κ2) is 11.2. The standard InChI is InChI=1S/C28H28P2.Ni/c1-28(2,30(26-19-11-5-12-20-26)27-21-13-6-14-22-27)23-29(24-15-7-3-8-16-24)25-17-9-4-10-18-25;/h3-22H,23H2,1-2H3;. The third-order valence-corrected chi connectivity index (χ3v) is 11.5. The molecule has 0 aliphatic heterocycles. The van der Waals surface area contributed by atoms with Gasteiger partial charge in [-0.05, 0) is 48.4 Å². The SMILES string of the molecule is CC(C)(CP(c1ccccc1)c1ccccc1)P(c1ccccc1)c1ccccc1.[Ni]. The summed E-state index contributed by atoms with van der Waals surface area (Å²) in [6.45, 7) is 4.94. The molecule has 0 atom stereocenters. The smallest absolute Gasteiger partial charge is 0 e. The van der Waals surface area contributed by atoms with Crippen LogP contribution < -0.4 is 21.2 Å². The Hall–Kier alpha value is -1.77. The number of hydrogen-bond donors (Lipinski definition) is 0. The average molecular weight is 485 g/mol. The van der Waals surface area contributed by atoms with Gasteiger partial charge in [0.2, 0.25) is 0 Å². The molecule has 0 nitrogen and oxygen atoms in total. The molecule has 0 heterocycles. The van der Waals surface area contributed by atoms with Crippen molar-refractivity contribution in [3.63, 3.8) is 0 Å². The second-order valence-electron chi connectivity index (χ2n) is 8.08. The zero-order chi connectivity index (χ0) is 20.8. The number of rotatable bonds is 7. The summed E-state index contributed by atoms with van der Waals surface area (Å²) in [7, 11) is -0.927. The Labute approximate surface area is 199 Å². The zero-order valence-corrected chi connectivity index (χ0v) is 20.7. The van der Waals surface area contributed by atoms with Crippen LogP contribution in [0.15, 0.2) is 121 Å². The van der Waals surface area contributed by atoms with Crippen LogP contribution in [-0.2, 0) is 16.5 Å². The van der Waals surface area contributed by atoms with E-state index < -0.39 is 15.8 Å². The van der Waals surface area contributed by atoms with E-state index in [1.807, 2.05) is 0 Å². The minimum Gasteiger partial charge on any atom is -0.0622 e. The van der Waals surface area contributed by atoms with Crippen LogP contribution in [0.1, 0.15) is 13.8 Å². The van der Waals surface area contributed by atoms with Gasteiger partial charge in [-0.3, -0.25) is 0 Å². The summed E-state index contributed by atoms with van der Waals surface area (Å²) in [5, 5.41) is 5.99. The first kappa shape index (κ1) is 23.9. The number of hydrogen-bond acceptors (Lipinski definition) is 0. The van der Waals surface area contributed by atoms with E-state index in [4.69, 9.17) is 0 Å². The molecule has 0 amide bonds. The molecule has 4 aromatic rings. The van der Waals surface area contributed by atoms with Crippen LogP contribution in [0.4, 0.5) is 0 Å². The Balaban J connectivity index is 0.00000272. The molecule has 0 N–H and O–H groups in total. The normalized spacial score (nSPS) is 11.4. The topological polar surface area (TPSA) is 0 Å². The molecular formula is C28H28NiP2. The summed E-state index contributed by atoms with van der Waals surface area (Å²) in [5.41, 5.74) is 0. The molecular weight excluding hydrogens is 457 g/mol. The molecule has 160 valence electrons. The van der Waals surface area contributed by atoms with Gasteiger partial charge in [0.15, 0.2) is 0 Å². The Morgan fingerprint density at radius 1 is 0.484 bits per heavy atom. The third-order valence-electron chi connectivity index (χ3n) is 5.31. The summed E-state index contributed by atoms with van der Waals surface area (Å²) in [4.78, 5) is 0. The van der Waals surface area contributed by atoms with Crippen molar-refractivity contribution in [2.75, 3.05) is 6.16 Å². The molecule has 0 aliphatic carbocycles. The fourth-order valence-electron chi connectivity index (χ4n) is 4.01. The maximum absolute atomic E-state index is 2.47. The van der Waals surface area contributed by atoms with Crippen molar-refractivity contribution < 1.29 is 16.5 Å². The molecule has 0 radical (unpaired) electrons. The molecule has 3 heteroatoms. The van der Waals surface area contributed by atoms with Gasteiger partial charge >= 0.3 is 0 Å². The molecule has 0 saturated carbocycles. The molecule has 0 unspecified atom stereocenters. The van der Waals surface area contributed by atoms with E-state index in [0.29, 0.717) is 0 Å². The van der Waals surface area contributed by atoms with E-state index in [-0.39, 0.29) is 21.6 Å². The van der Waals surface area contributed by atoms with E-state index in [1.165, 1.54) is 21.2 Å². The van der Waals surface area contributed by atoms with Gasteiger partial charge in [-0.25, -0.2) is 0 Å². The molecule has 0 aliphatic rings. The first-order valence-corrected chi connectivity index (χ1v) is 13.3. The first-order valence-electron chi connectivity index (χ1n) is 10.4. The van der Waals surface area contributed by atoms with Gasteiger partial charge in [-0.1, -0.05) is 135 Å². The fourth-order valence-corrected chi connectivity index (χ4v) is 10.1. The summed E-state index contributed by atoms with van der Waals surface area (Å²) in [6.07, 6.45) is 1.16. The van der Waals surface area contributed by atoms with Crippen molar-refractivity contribution >= 4 is 37.1 Å². The third kappa shape index (κ3) is 5.93. The molecule has 0 saturated heterocycles. The quantitative estimate of drug-likeness (QED) is 0.222. The summed E-state index contributed by atoms with van der Waals surface area (Å²) < 4.78 is 0. The zero-order valence-electron chi connectivity index (χ0n) is 18.0. The number of benzene rings is 4. The predicted octanol–water partition coefficient (Wildman–Crippen LogP) is 6.03. The van der Waals surface area contributed by atoms with Crippen LogP contribution in [0.25, 0.3) is 0 Å². The first-order chi connectivity index (χ1) is 14.6. The molecule has 0 bridgehead atoms. The van der Waals surface area contributed by atoms with Crippen LogP contribution in [0.3, 0.4) is 0 Å². The molecule has 0 fully saturated rings. The fraction of sp³-hybridized carbons (Fsp3) is 0.143. The van der Waals surface area contributed by atoms with Crippen LogP contribution >= 0.6 is 15.8 Å². The van der Waals surface area contributed by atoms with Crippen LogP contribution in [-0.4, -0.2) is 11.3 Å². The van der Waals surface area contributed by atoms with E-state index in [2.05, 4.69) is 135 Å². The second-order valence-corrected chi connectivity index (χ2v) is 13.2. The van der Waals surface area contributed by atoms with Gasteiger partial charge in [0.05, 0.1) is 0 Å². The monoisotopic (exact) mass is 484 g/mol. The van der Waals surface area contributed by atoms with E-state index in [1.54, 1.807) is 0 Å². The van der Waals surface area contributed by atoms with Crippen molar-refractivity contribution in [2.45, 2.75) is 19.0 Å². The van der Waals surface area contributed by atoms with Crippen LogP contribution in [0.5, 0.6) is 0 Å².